The smallest absolute Gasteiger partial charge is 0.223 e. The van der Waals surface area contributed by atoms with Crippen molar-refractivity contribution in [1.82, 2.24) is 9.97 Å². The van der Waals surface area contributed by atoms with Crippen LogP contribution in [0.2, 0.25) is 0 Å². The summed E-state index contributed by atoms with van der Waals surface area (Å²) in [6.45, 7) is 5.78. The summed E-state index contributed by atoms with van der Waals surface area (Å²) in [7, 11) is 0. The molecule has 0 bridgehead atoms. The van der Waals surface area contributed by atoms with Gasteiger partial charge in [-0.2, -0.15) is 0 Å². The molecule has 2 N–H and O–H groups in total. The minimum Gasteiger partial charge on any atom is -0.466 e. The van der Waals surface area contributed by atoms with Gasteiger partial charge in [-0.25, -0.2) is 9.97 Å². The average Bonchev–Trinajstić information content (AvgIpc) is 2.79. The van der Waals surface area contributed by atoms with Crippen molar-refractivity contribution < 1.29 is 9.52 Å². The number of rotatable bonds is 4. The molecular formula is C13H17N3O2. The second-order valence-corrected chi connectivity index (χ2v) is 4.58. The second kappa shape index (κ2) is 4.78. The van der Waals surface area contributed by atoms with Crippen molar-refractivity contribution in [3.63, 3.8) is 0 Å². The van der Waals surface area contributed by atoms with Gasteiger partial charge in [-0.3, -0.25) is 0 Å². The van der Waals surface area contributed by atoms with Crippen LogP contribution in [-0.4, -0.2) is 21.6 Å². The Morgan fingerprint density at radius 2 is 2.00 bits per heavy atom. The number of nitrogens with one attached hydrogen (secondary N) is 1. The van der Waals surface area contributed by atoms with E-state index >= 15 is 0 Å². The molecule has 5 nitrogen and oxygen atoms in total. The highest BCUT2D eigenvalue weighted by Crippen LogP contribution is 2.21. The van der Waals surface area contributed by atoms with Gasteiger partial charge in [-0.15, -0.1) is 0 Å². The third-order valence-corrected chi connectivity index (χ3v) is 2.63. The molecule has 1 atom stereocenters. The van der Waals surface area contributed by atoms with Crippen LogP contribution >= 0.6 is 0 Å². The third-order valence-electron chi connectivity index (χ3n) is 2.63. The molecule has 2 aromatic rings. The lowest BCUT2D eigenvalue weighted by Gasteiger charge is -2.21. The van der Waals surface area contributed by atoms with E-state index in [0.717, 1.165) is 11.4 Å². The second-order valence-electron chi connectivity index (χ2n) is 4.58. The molecule has 96 valence electrons. The lowest BCUT2D eigenvalue weighted by Crippen LogP contribution is -2.30. The van der Waals surface area contributed by atoms with E-state index in [2.05, 4.69) is 15.3 Å². The lowest BCUT2D eigenvalue weighted by molar-refractivity contribution is 0.0475. The van der Waals surface area contributed by atoms with Gasteiger partial charge in [0.25, 0.3) is 0 Å². The Bertz CT molecular complexity index is 501. The van der Waals surface area contributed by atoms with Crippen LogP contribution in [0.5, 0.6) is 0 Å². The standard InChI is InChI=1S/C13H17N3O2/c1-9-7-10(2)16-12(15-9)14-8-13(3,17)11-5-4-6-18-11/h4-7,17H,8H2,1-3H3,(H,14,15,16). The fraction of sp³-hybridized carbons (Fsp3) is 0.385. The van der Waals surface area contributed by atoms with Gasteiger partial charge in [0.2, 0.25) is 5.95 Å². The number of furan rings is 1. The zero-order valence-corrected chi connectivity index (χ0v) is 10.8. The van der Waals surface area contributed by atoms with Gasteiger partial charge in [0.1, 0.15) is 11.4 Å². The quantitative estimate of drug-likeness (QED) is 0.864. The highest BCUT2D eigenvalue weighted by molar-refractivity contribution is 5.29. The maximum atomic E-state index is 10.3. The number of aryl methyl sites for hydroxylation is 2. The van der Waals surface area contributed by atoms with Crippen LogP contribution in [0.25, 0.3) is 0 Å². The van der Waals surface area contributed by atoms with Crippen LogP contribution in [0.15, 0.2) is 28.9 Å². The minimum absolute atomic E-state index is 0.281. The molecule has 0 aromatic carbocycles. The van der Waals surface area contributed by atoms with Gasteiger partial charge >= 0.3 is 0 Å². The van der Waals surface area contributed by atoms with E-state index < -0.39 is 5.60 Å². The van der Waals surface area contributed by atoms with Crippen molar-refractivity contribution >= 4 is 5.95 Å². The lowest BCUT2D eigenvalue weighted by atomic mass is 10.0. The first-order valence-electron chi connectivity index (χ1n) is 5.80. The number of aromatic nitrogens is 2. The van der Waals surface area contributed by atoms with Gasteiger partial charge < -0.3 is 14.8 Å². The van der Waals surface area contributed by atoms with Crippen LogP contribution in [0, 0.1) is 13.8 Å². The number of nitrogens with zero attached hydrogens (tertiary/aromatic N) is 2. The molecule has 0 aliphatic carbocycles. The normalized spacial score (nSPS) is 14.2. The average molecular weight is 247 g/mol. The predicted molar refractivity (Wildman–Crippen MR) is 68.3 cm³/mol. The summed E-state index contributed by atoms with van der Waals surface area (Å²) in [5, 5.41) is 13.3. The molecule has 0 aliphatic heterocycles. The van der Waals surface area contributed by atoms with Crippen LogP contribution < -0.4 is 5.32 Å². The molecule has 5 heteroatoms. The van der Waals surface area contributed by atoms with Gasteiger partial charge in [-0.1, -0.05) is 0 Å². The molecule has 0 amide bonds. The van der Waals surface area contributed by atoms with Crippen molar-refractivity contribution in [1.29, 1.82) is 0 Å². The van der Waals surface area contributed by atoms with E-state index in [4.69, 9.17) is 4.42 Å². The Balaban J connectivity index is 2.07. The van der Waals surface area contributed by atoms with Gasteiger partial charge in [0.15, 0.2) is 0 Å². The van der Waals surface area contributed by atoms with Crippen LogP contribution in [0.3, 0.4) is 0 Å². The van der Waals surface area contributed by atoms with Crippen molar-refractivity contribution in [2.45, 2.75) is 26.4 Å². The highest BCUT2D eigenvalue weighted by Gasteiger charge is 2.26. The fourth-order valence-electron chi connectivity index (χ4n) is 1.73. The molecule has 0 aliphatic rings. The van der Waals surface area contributed by atoms with E-state index in [9.17, 15) is 5.11 Å². The van der Waals surface area contributed by atoms with Crippen LogP contribution in [0.1, 0.15) is 24.1 Å². The molecule has 0 saturated heterocycles. The molecule has 0 spiro atoms. The van der Waals surface area contributed by atoms with Crippen LogP contribution in [-0.2, 0) is 5.60 Å². The van der Waals surface area contributed by atoms with E-state index in [1.807, 2.05) is 19.9 Å². The Labute approximate surface area is 106 Å². The summed E-state index contributed by atoms with van der Waals surface area (Å²) in [6.07, 6.45) is 1.54. The monoisotopic (exact) mass is 247 g/mol. The van der Waals surface area contributed by atoms with E-state index in [1.165, 1.54) is 6.26 Å². The molecule has 0 fully saturated rings. The molecule has 1 unspecified atom stereocenters. The SMILES string of the molecule is Cc1cc(C)nc(NCC(C)(O)c2ccco2)n1. The molecule has 0 saturated carbocycles. The molecule has 2 rings (SSSR count). The highest BCUT2D eigenvalue weighted by atomic mass is 16.4. The van der Waals surface area contributed by atoms with Gasteiger partial charge in [0, 0.05) is 11.4 Å². The van der Waals surface area contributed by atoms with E-state index in [0.29, 0.717) is 11.7 Å². The van der Waals surface area contributed by atoms with Crippen molar-refractivity contribution in [3.05, 3.63) is 41.6 Å². The Morgan fingerprint density at radius 3 is 2.56 bits per heavy atom. The largest absolute Gasteiger partial charge is 0.466 e. The Hall–Kier alpha value is -1.88. The van der Waals surface area contributed by atoms with Crippen molar-refractivity contribution in [2.24, 2.45) is 0 Å². The topological polar surface area (TPSA) is 71.2 Å². The summed E-state index contributed by atoms with van der Waals surface area (Å²) >= 11 is 0. The first kappa shape index (κ1) is 12.6. The number of aliphatic hydroxyl groups is 1. The molecule has 2 aromatic heterocycles. The van der Waals surface area contributed by atoms with Gasteiger partial charge in [-0.05, 0) is 39.0 Å². The molecule has 2 heterocycles. The number of hydrogen-bond donors (Lipinski definition) is 2. The van der Waals surface area contributed by atoms with Crippen molar-refractivity contribution in [3.8, 4) is 0 Å². The van der Waals surface area contributed by atoms with Crippen LogP contribution in [0.4, 0.5) is 5.95 Å². The zero-order valence-electron chi connectivity index (χ0n) is 10.8. The molecule has 18 heavy (non-hydrogen) atoms. The summed E-state index contributed by atoms with van der Waals surface area (Å²) in [5.74, 6) is 1.03. The van der Waals surface area contributed by atoms with Crippen molar-refractivity contribution in [2.75, 3.05) is 11.9 Å². The predicted octanol–water partition coefficient (Wildman–Crippen LogP) is 2.01. The Morgan fingerprint density at radius 1 is 1.33 bits per heavy atom. The number of hydrogen-bond acceptors (Lipinski definition) is 5. The summed E-state index contributed by atoms with van der Waals surface area (Å²) < 4.78 is 5.20. The third kappa shape index (κ3) is 2.87. The maximum Gasteiger partial charge on any atom is 0.223 e. The maximum absolute atomic E-state index is 10.3. The fourth-order valence-corrected chi connectivity index (χ4v) is 1.73. The van der Waals surface area contributed by atoms with E-state index in [1.54, 1.807) is 19.1 Å². The zero-order chi connectivity index (χ0) is 13.2. The summed E-state index contributed by atoms with van der Waals surface area (Å²) in [6, 6.07) is 5.39. The first-order chi connectivity index (χ1) is 8.47. The van der Waals surface area contributed by atoms with E-state index in [-0.39, 0.29) is 6.54 Å². The molecule has 0 radical (unpaired) electrons. The first-order valence-corrected chi connectivity index (χ1v) is 5.80. The summed E-state index contributed by atoms with van der Waals surface area (Å²) in [5.41, 5.74) is 0.690. The van der Waals surface area contributed by atoms with Gasteiger partial charge in [0.05, 0.1) is 12.8 Å². The Kier molecular flexibility index (Phi) is 3.34. The molecular weight excluding hydrogens is 230 g/mol. The minimum atomic E-state index is -1.09. The number of anilines is 1. The summed E-state index contributed by atoms with van der Waals surface area (Å²) in [4.78, 5) is 8.51.